The molecule has 0 aromatic heterocycles. The molecule has 0 bridgehead atoms. The van der Waals surface area contributed by atoms with Crippen LogP contribution < -0.4 is 5.73 Å². The zero-order chi connectivity index (χ0) is 6.57. The molecular formula is C5H11NO2. The monoisotopic (exact) mass is 117 g/mol. The molecule has 0 radical (unpaired) electrons. The van der Waals surface area contributed by atoms with E-state index < -0.39 is 0 Å². The zero-order valence-corrected chi connectivity index (χ0v) is 4.92. The van der Waals surface area contributed by atoms with E-state index in [-0.39, 0.29) is 24.9 Å². The highest BCUT2D eigenvalue weighted by Crippen LogP contribution is 1.85. The summed E-state index contributed by atoms with van der Waals surface area (Å²) in [4.78, 5) is 10.2. The standard InChI is InChI=1S/C5H11NO2/c1-4(8)2-5(6)3-7/h5,7H,2-3,6H2,1H3. The van der Waals surface area contributed by atoms with Crippen molar-refractivity contribution in [1.29, 1.82) is 0 Å². The smallest absolute Gasteiger partial charge is 0.131 e. The third-order valence-corrected chi connectivity index (χ3v) is 0.784. The molecule has 0 spiro atoms. The minimum absolute atomic E-state index is 0.0200. The first-order valence-corrected chi connectivity index (χ1v) is 2.52. The SMILES string of the molecule is CC(=O)CC(N)CO. The number of hydrogen-bond donors (Lipinski definition) is 2. The maximum atomic E-state index is 10.2. The Balaban J connectivity index is 3.24. The van der Waals surface area contributed by atoms with Crippen LogP contribution in [0.1, 0.15) is 13.3 Å². The van der Waals surface area contributed by atoms with Crippen LogP contribution in [0.2, 0.25) is 0 Å². The van der Waals surface area contributed by atoms with Crippen molar-refractivity contribution in [3.63, 3.8) is 0 Å². The summed E-state index contributed by atoms with van der Waals surface area (Å²) < 4.78 is 0. The van der Waals surface area contributed by atoms with E-state index in [1.165, 1.54) is 6.92 Å². The van der Waals surface area contributed by atoms with Crippen LogP contribution in [-0.4, -0.2) is 23.5 Å². The highest BCUT2D eigenvalue weighted by molar-refractivity contribution is 5.76. The Bertz CT molecular complexity index is 82.5. The Morgan fingerprint density at radius 3 is 2.50 bits per heavy atom. The summed E-state index contributed by atoms with van der Waals surface area (Å²) in [7, 11) is 0. The number of nitrogens with two attached hydrogens (primary N) is 1. The summed E-state index contributed by atoms with van der Waals surface area (Å²) in [5.41, 5.74) is 5.20. The maximum absolute atomic E-state index is 10.2. The van der Waals surface area contributed by atoms with Crippen molar-refractivity contribution in [1.82, 2.24) is 0 Å². The molecule has 0 aliphatic heterocycles. The summed E-state index contributed by atoms with van der Waals surface area (Å²) in [5.74, 6) is 0.0200. The average Bonchev–Trinajstić information content (AvgIpc) is 1.65. The number of ketones is 1. The third-order valence-electron chi connectivity index (χ3n) is 0.784. The molecule has 0 aromatic rings. The van der Waals surface area contributed by atoms with Gasteiger partial charge >= 0.3 is 0 Å². The molecule has 3 N–H and O–H groups in total. The van der Waals surface area contributed by atoms with Gasteiger partial charge in [-0.3, -0.25) is 4.79 Å². The minimum Gasteiger partial charge on any atom is -0.395 e. The topological polar surface area (TPSA) is 63.3 Å². The molecule has 48 valence electrons. The lowest BCUT2D eigenvalue weighted by Gasteiger charge is -2.01. The Morgan fingerprint density at radius 1 is 1.88 bits per heavy atom. The van der Waals surface area contributed by atoms with Crippen LogP contribution in [0.3, 0.4) is 0 Å². The molecule has 0 saturated heterocycles. The Labute approximate surface area is 48.5 Å². The minimum atomic E-state index is -0.368. The molecule has 8 heavy (non-hydrogen) atoms. The lowest BCUT2D eigenvalue weighted by atomic mass is 10.2. The third kappa shape index (κ3) is 3.77. The van der Waals surface area contributed by atoms with Crippen LogP contribution >= 0.6 is 0 Å². The van der Waals surface area contributed by atoms with Gasteiger partial charge in [-0.25, -0.2) is 0 Å². The van der Waals surface area contributed by atoms with Crippen LogP contribution in [-0.2, 0) is 4.79 Å². The van der Waals surface area contributed by atoms with Crippen LogP contribution in [0.15, 0.2) is 0 Å². The zero-order valence-electron chi connectivity index (χ0n) is 4.92. The molecule has 1 atom stereocenters. The van der Waals surface area contributed by atoms with Gasteiger partial charge in [0, 0.05) is 12.5 Å². The van der Waals surface area contributed by atoms with Crippen molar-refractivity contribution in [3.05, 3.63) is 0 Å². The van der Waals surface area contributed by atoms with Gasteiger partial charge in [0.15, 0.2) is 0 Å². The molecule has 3 nitrogen and oxygen atoms in total. The van der Waals surface area contributed by atoms with Gasteiger partial charge < -0.3 is 10.8 Å². The van der Waals surface area contributed by atoms with Crippen molar-refractivity contribution in [3.8, 4) is 0 Å². The lowest BCUT2D eigenvalue weighted by molar-refractivity contribution is -0.117. The number of Topliss-reactive ketones (excluding diaryl/α,β-unsaturated/α-hetero) is 1. The number of rotatable bonds is 3. The number of aliphatic hydroxyl groups excluding tert-OH is 1. The molecule has 1 unspecified atom stereocenters. The molecule has 0 fully saturated rings. The number of carbonyl (C=O) groups is 1. The van der Waals surface area contributed by atoms with Gasteiger partial charge in [0.05, 0.1) is 6.61 Å². The average molecular weight is 117 g/mol. The largest absolute Gasteiger partial charge is 0.395 e. The Kier molecular flexibility index (Phi) is 3.39. The molecule has 0 amide bonds. The summed E-state index contributed by atoms with van der Waals surface area (Å²) in [5, 5.41) is 8.31. The molecule has 0 aliphatic rings. The van der Waals surface area contributed by atoms with Gasteiger partial charge in [0.25, 0.3) is 0 Å². The molecular weight excluding hydrogens is 106 g/mol. The fourth-order valence-corrected chi connectivity index (χ4v) is 0.434. The molecule has 3 heteroatoms. The van der Waals surface area contributed by atoms with Gasteiger partial charge in [-0.1, -0.05) is 0 Å². The summed E-state index contributed by atoms with van der Waals surface area (Å²) in [6.07, 6.45) is 0.274. The van der Waals surface area contributed by atoms with Crippen molar-refractivity contribution in [2.24, 2.45) is 5.73 Å². The second-order valence-electron chi connectivity index (χ2n) is 1.85. The number of hydrogen-bond acceptors (Lipinski definition) is 3. The van der Waals surface area contributed by atoms with Crippen LogP contribution in [0.4, 0.5) is 0 Å². The number of aliphatic hydroxyl groups is 1. The summed E-state index contributed by atoms with van der Waals surface area (Å²) in [6.45, 7) is 1.34. The van der Waals surface area contributed by atoms with Gasteiger partial charge in [-0.2, -0.15) is 0 Å². The molecule has 0 saturated carbocycles. The second kappa shape index (κ2) is 3.57. The van der Waals surface area contributed by atoms with E-state index in [1.807, 2.05) is 0 Å². The van der Waals surface area contributed by atoms with E-state index in [2.05, 4.69) is 0 Å². The van der Waals surface area contributed by atoms with Crippen molar-refractivity contribution in [2.75, 3.05) is 6.61 Å². The maximum Gasteiger partial charge on any atom is 0.131 e. The van der Waals surface area contributed by atoms with Crippen LogP contribution in [0, 0.1) is 0 Å². The molecule has 0 rings (SSSR count). The first kappa shape index (κ1) is 7.59. The van der Waals surface area contributed by atoms with Gasteiger partial charge in [-0.05, 0) is 6.92 Å². The van der Waals surface area contributed by atoms with Crippen LogP contribution in [0.5, 0.6) is 0 Å². The van der Waals surface area contributed by atoms with E-state index in [9.17, 15) is 4.79 Å². The fraction of sp³-hybridized carbons (Fsp3) is 0.800. The van der Waals surface area contributed by atoms with Crippen LogP contribution in [0.25, 0.3) is 0 Å². The van der Waals surface area contributed by atoms with E-state index >= 15 is 0 Å². The Hall–Kier alpha value is -0.410. The highest BCUT2D eigenvalue weighted by atomic mass is 16.3. The Morgan fingerprint density at radius 2 is 2.38 bits per heavy atom. The first-order chi connectivity index (χ1) is 3.66. The van der Waals surface area contributed by atoms with Crippen molar-refractivity contribution < 1.29 is 9.90 Å². The van der Waals surface area contributed by atoms with E-state index in [0.717, 1.165) is 0 Å². The second-order valence-corrected chi connectivity index (χ2v) is 1.85. The molecule has 0 aliphatic carbocycles. The quantitative estimate of drug-likeness (QED) is 0.513. The predicted octanol–water partition coefficient (Wildman–Crippen LogP) is -0.715. The summed E-state index contributed by atoms with van der Waals surface area (Å²) >= 11 is 0. The van der Waals surface area contributed by atoms with Crippen molar-refractivity contribution in [2.45, 2.75) is 19.4 Å². The number of carbonyl (C=O) groups excluding carboxylic acids is 1. The fourth-order valence-electron chi connectivity index (χ4n) is 0.434. The summed E-state index contributed by atoms with van der Waals surface area (Å²) in [6, 6.07) is -0.368. The predicted molar refractivity (Wildman–Crippen MR) is 30.4 cm³/mol. The van der Waals surface area contributed by atoms with Gasteiger partial charge in [0.1, 0.15) is 5.78 Å². The highest BCUT2D eigenvalue weighted by Gasteiger charge is 2.01. The lowest BCUT2D eigenvalue weighted by Crippen LogP contribution is -2.26. The molecule has 0 heterocycles. The van der Waals surface area contributed by atoms with E-state index in [1.54, 1.807) is 0 Å². The van der Waals surface area contributed by atoms with E-state index in [4.69, 9.17) is 10.8 Å². The van der Waals surface area contributed by atoms with Crippen molar-refractivity contribution >= 4 is 5.78 Å². The van der Waals surface area contributed by atoms with E-state index in [0.29, 0.717) is 0 Å². The normalized spacial score (nSPS) is 13.4. The van der Waals surface area contributed by atoms with Gasteiger partial charge in [0.2, 0.25) is 0 Å². The molecule has 0 aromatic carbocycles. The first-order valence-electron chi connectivity index (χ1n) is 2.52. The van der Waals surface area contributed by atoms with Gasteiger partial charge in [-0.15, -0.1) is 0 Å².